The Kier molecular flexibility index (Phi) is 2.97. The Bertz CT molecular complexity index is 518. The molecule has 0 heterocycles. The molecule has 2 nitrogen and oxygen atoms in total. The molecule has 0 amide bonds. The maximum atomic E-state index is 10.7. The quantitative estimate of drug-likeness (QED) is 0.614. The zero-order chi connectivity index (χ0) is 11.5. The van der Waals surface area contributed by atoms with Crippen LogP contribution in [0.1, 0.15) is 10.4 Å². The lowest BCUT2D eigenvalue weighted by atomic mass is 10.0. The summed E-state index contributed by atoms with van der Waals surface area (Å²) in [5.41, 5.74) is 2.18. The lowest BCUT2D eigenvalue weighted by Crippen LogP contribution is -1.84. The summed E-state index contributed by atoms with van der Waals surface area (Å²) < 4.78 is 0. The number of hydrogen-bond donors (Lipinski definition) is 2. The first kappa shape index (κ1) is 10.8. The Hall–Kier alpha value is -1.74. The number of phenolic OH excluding ortho intramolecular Hbond substituents is 1. The summed E-state index contributed by atoms with van der Waals surface area (Å²) in [4.78, 5) is 11.6. The van der Waals surface area contributed by atoms with Gasteiger partial charge in [0.2, 0.25) is 0 Å². The Balaban J connectivity index is 2.48. The SMILES string of the molecule is O=Cc1cc(-c2ccc(S)cc2)ccc1O. The van der Waals surface area contributed by atoms with E-state index in [0.717, 1.165) is 16.0 Å². The van der Waals surface area contributed by atoms with Crippen LogP contribution in [0.2, 0.25) is 0 Å². The average Bonchev–Trinajstić information content (AvgIpc) is 2.31. The summed E-state index contributed by atoms with van der Waals surface area (Å²) in [6, 6.07) is 12.6. The molecule has 0 radical (unpaired) electrons. The zero-order valence-corrected chi connectivity index (χ0v) is 9.32. The Morgan fingerprint density at radius 1 is 1.00 bits per heavy atom. The van der Waals surface area contributed by atoms with Crippen molar-refractivity contribution in [2.45, 2.75) is 4.90 Å². The van der Waals surface area contributed by atoms with Crippen molar-refractivity contribution in [2.75, 3.05) is 0 Å². The number of carbonyl (C=O) groups excluding carboxylic acids is 1. The van der Waals surface area contributed by atoms with Crippen molar-refractivity contribution in [1.29, 1.82) is 0 Å². The molecule has 0 aromatic heterocycles. The first-order valence-corrected chi connectivity index (χ1v) is 5.23. The van der Waals surface area contributed by atoms with Gasteiger partial charge in [0.1, 0.15) is 5.75 Å². The zero-order valence-electron chi connectivity index (χ0n) is 8.42. The number of benzene rings is 2. The van der Waals surface area contributed by atoms with Crippen molar-refractivity contribution in [3.8, 4) is 16.9 Å². The largest absolute Gasteiger partial charge is 0.507 e. The van der Waals surface area contributed by atoms with Gasteiger partial charge in [-0.2, -0.15) is 0 Å². The minimum Gasteiger partial charge on any atom is -0.507 e. The molecular weight excluding hydrogens is 220 g/mol. The molecular formula is C13H10O2S. The van der Waals surface area contributed by atoms with Gasteiger partial charge in [-0.05, 0) is 35.4 Å². The molecule has 3 heteroatoms. The van der Waals surface area contributed by atoms with E-state index >= 15 is 0 Å². The third-order valence-corrected chi connectivity index (χ3v) is 2.65. The molecule has 2 aromatic carbocycles. The molecule has 0 saturated heterocycles. The number of aromatic hydroxyl groups is 1. The van der Waals surface area contributed by atoms with Crippen molar-refractivity contribution in [3.63, 3.8) is 0 Å². The second kappa shape index (κ2) is 4.41. The maximum absolute atomic E-state index is 10.7. The fourth-order valence-electron chi connectivity index (χ4n) is 1.48. The highest BCUT2D eigenvalue weighted by Gasteiger charge is 2.03. The van der Waals surface area contributed by atoms with E-state index in [1.54, 1.807) is 12.1 Å². The van der Waals surface area contributed by atoms with Crippen LogP contribution >= 0.6 is 12.6 Å². The third kappa shape index (κ3) is 2.09. The summed E-state index contributed by atoms with van der Waals surface area (Å²) in [7, 11) is 0. The topological polar surface area (TPSA) is 37.3 Å². The highest BCUT2D eigenvalue weighted by Crippen LogP contribution is 2.25. The summed E-state index contributed by atoms with van der Waals surface area (Å²) in [6.45, 7) is 0. The standard InChI is InChI=1S/C13H10O2S/c14-8-11-7-10(3-6-13(11)15)9-1-4-12(16)5-2-9/h1-8,15-16H. The van der Waals surface area contributed by atoms with Gasteiger partial charge in [-0.15, -0.1) is 12.6 Å². The van der Waals surface area contributed by atoms with Gasteiger partial charge in [-0.3, -0.25) is 4.79 Å². The van der Waals surface area contributed by atoms with E-state index in [0.29, 0.717) is 11.8 Å². The summed E-state index contributed by atoms with van der Waals surface area (Å²) >= 11 is 4.20. The van der Waals surface area contributed by atoms with Crippen molar-refractivity contribution in [2.24, 2.45) is 0 Å². The summed E-state index contributed by atoms with van der Waals surface area (Å²) in [5.74, 6) is 0.00423. The van der Waals surface area contributed by atoms with Crippen molar-refractivity contribution in [1.82, 2.24) is 0 Å². The first-order valence-electron chi connectivity index (χ1n) is 4.78. The second-order valence-electron chi connectivity index (χ2n) is 3.44. The maximum Gasteiger partial charge on any atom is 0.153 e. The number of hydrogen-bond acceptors (Lipinski definition) is 3. The second-order valence-corrected chi connectivity index (χ2v) is 3.95. The molecule has 0 aliphatic carbocycles. The van der Waals surface area contributed by atoms with E-state index in [4.69, 9.17) is 0 Å². The van der Waals surface area contributed by atoms with Gasteiger partial charge in [0.15, 0.2) is 6.29 Å². The fraction of sp³-hybridized carbons (Fsp3) is 0. The monoisotopic (exact) mass is 230 g/mol. The predicted octanol–water partition coefficient (Wildman–Crippen LogP) is 3.16. The normalized spacial score (nSPS) is 10.1. The third-order valence-electron chi connectivity index (χ3n) is 2.36. The number of thiol groups is 1. The molecule has 0 fully saturated rings. The van der Waals surface area contributed by atoms with Gasteiger partial charge in [0, 0.05) is 4.90 Å². The van der Waals surface area contributed by atoms with Gasteiger partial charge in [0.25, 0.3) is 0 Å². The van der Waals surface area contributed by atoms with Crippen LogP contribution in [-0.2, 0) is 0 Å². The van der Waals surface area contributed by atoms with E-state index in [9.17, 15) is 9.90 Å². The fourth-order valence-corrected chi connectivity index (χ4v) is 1.63. The Morgan fingerprint density at radius 2 is 1.62 bits per heavy atom. The van der Waals surface area contributed by atoms with Gasteiger partial charge >= 0.3 is 0 Å². The highest BCUT2D eigenvalue weighted by atomic mass is 32.1. The van der Waals surface area contributed by atoms with Crippen LogP contribution in [0.4, 0.5) is 0 Å². The molecule has 0 bridgehead atoms. The van der Waals surface area contributed by atoms with Crippen molar-refractivity contribution >= 4 is 18.9 Å². The molecule has 0 atom stereocenters. The Labute approximate surface area is 99.0 Å². The number of rotatable bonds is 2. The van der Waals surface area contributed by atoms with Gasteiger partial charge in [0.05, 0.1) is 5.56 Å². The molecule has 0 spiro atoms. The molecule has 0 saturated carbocycles. The number of carbonyl (C=O) groups is 1. The van der Waals surface area contributed by atoms with E-state index in [1.807, 2.05) is 24.3 Å². The van der Waals surface area contributed by atoms with Crippen LogP contribution < -0.4 is 0 Å². The van der Waals surface area contributed by atoms with E-state index in [2.05, 4.69) is 12.6 Å². The minimum absolute atomic E-state index is 0.00423. The Morgan fingerprint density at radius 3 is 2.25 bits per heavy atom. The summed E-state index contributed by atoms with van der Waals surface area (Å²) in [5, 5.41) is 9.38. The lowest BCUT2D eigenvalue weighted by Gasteiger charge is -2.04. The van der Waals surface area contributed by atoms with Crippen LogP contribution in [0.3, 0.4) is 0 Å². The molecule has 0 unspecified atom stereocenters. The van der Waals surface area contributed by atoms with Crippen LogP contribution in [-0.4, -0.2) is 11.4 Å². The number of phenols is 1. The van der Waals surface area contributed by atoms with E-state index < -0.39 is 0 Å². The molecule has 1 N–H and O–H groups in total. The van der Waals surface area contributed by atoms with Crippen molar-refractivity contribution in [3.05, 3.63) is 48.0 Å². The summed E-state index contributed by atoms with van der Waals surface area (Å²) in [6.07, 6.45) is 0.645. The lowest BCUT2D eigenvalue weighted by molar-refractivity contribution is 0.112. The van der Waals surface area contributed by atoms with Crippen molar-refractivity contribution < 1.29 is 9.90 Å². The molecule has 80 valence electrons. The molecule has 16 heavy (non-hydrogen) atoms. The molecule has 2 rings (SSSR count). The van der Waals surface area contributed by atoms with Gasteiger partial charge in [-0.1, -0.05) is 18.2 Å². The minimum atomic E-state index is 0.00423. The highest BCUT2D eigenvalue weighted by molar-refractivity contribution is 7.80. The van der Waals surface area contributed by atoms with Crippen LogP contribution in [0, 0.1) is 0 Å². The van der Waals surface area contributed by atoms with E-state index in [-0.39, 0.29) is 5.75 Å². The molecule has 2 aromatic rings. The van der Waals surface area contributed by atoms with Crippen LogP contribution in [0.25, 0.3) is 11.1 Å². The van der Waals surface area contributed by atoms with Gasteiger partial charge in [-0.25, -0.2) is 0 Å². The number of aldehydes is 1. The van der Waals surface area contributed by atoms with E-state index in [1.165, 1.54) is 6.07 Å². The van der Waals surface area contributed by atoms with Gasteiger partial charge < -0.3 is 5.11 Å². The average molecular weight is 230 g/mol. The van der Waals surface area contributed by atoms with Crippen LogP contribution in [0.15, 0.2) is 47.4 Å². The molecule has 0 aliphatic rings. The predicted molar refractivity (Wildman–Crippen MR) is 66.2 cm³/mol. The first-order chi connectivity index (χ1) is 7.70. The molecule has 0 aliphatic heterocycles. The smallest absolute Gasteiger partial charge is 0.153 e. The van der Waals surface area contributed by atoms with Crippen LogP contribution in [0.5, 0.6) is 5.75 Å².